The lowest BCUT2D eigenvalue weighted by Gasteiger charge is -2.07. The molecule has 0 saturated heterocycles. The van der Waals surface area contributed by atoms with E-state index in [0.29, 0.717) is 10.8 Å². The third kappa shape index (κ3) is 3.64. The van der Waals surface area contributed by atoms with Crippen LogP contribution in [0.2, 0.25) is 5.02 Å². The first-order chi connectivity index (χ1) is 9.45. The summed E-state index contributed by atoms with van der Waals surface area (Å²) in [5.74, 6) is -2.18. The molecule has 1 aromatic carbocycles. The van der Waals surface area contributed by atoms with Crippen molar-refractivity contribution in [1.82, 2.24) is 4.98 Å². The van der Waals surface area contributed by atoms with Gasteiger partial charge in [-0.15, -0.1) is 11.3 Å². The Bertz CT molecular complexity index is 648. The first kappa shape index (κ1) is 14.7. The summed E-state index contributed by atoms with van der Waals surface area (Å²) in [7, 11) is 0. The average Bonchev–Trinajstić information content (AvgIpc) is 2.79. The second-order valence-corrected chi connectivity index (χ2v) is 5.19. The lowest BCUT2D eigenvalue weighted by atomic mass is 10.3. The Labute approximate surface area is 122 Å². The predicted molar refractivity (Wildman–Crippen MR) is 75.1 cm³/mol. The predicted octanol–water partition coefficient (Wildman–Crippen LogP) is 3.65. The average molecular weight is 318 g/mol. The lowest BCUT2D eigenvalue weighted by Crippen LogP contribution is -2.06. The van der Waals surface area contributed by atoms with Gasteiger partial charge in [-0.3, -0.25) is 4.79 Å². The largest absolute Gasteiger partial charge is 0.378 e. The van der Waals surface area contributed by atoms with E-state index in [1.807, 2.05) is 0 Å². The summed E-state index contributed by atoms with van der Waals surface area (Å²) in [5.41, 5.74) is 0.930. The number of nitrogens with zero attached hydrogens (tertiary/aromatic N) is 1. The normalized spacial score (nSPS) is 10.4. The maximum Gasteiger partial charge on any atom is 0.223 e. The van der Waals surface area contributed by atoms with Crippen LogP contribution in [0.15, 0.2) is 17.5 Å². The van der Waals surface area contributed by atoms with E-state index in [2.05, 4.69) is 15.6 Å². The molecule has 0 saturated carbocycles. The van der Waals surface area contributed by atoms with Crippen LogP contribution in [-0.2, 0) is 11.3 Å². The van der Waals surface area contributed by atoms with E-state index in [4.69, 9.17) is 11.6 Å². The van der Waals surface area contributed by atoms with Crippen molar-refractivity contribution in [2.45, 2.75) is 13.5 Å². The van der Waals surface area contributed by atoms with Gasteiger partial charge in [0, 0.05) is 18.4 Å². The standard InChI is InChI=1S/C12H10ClF2N3OS/c1-6(19)17-12-18-7(5-20-12)4-16-11-3-10(15)9(14)2-8(11)13/h2-3,5,16H,4H2,1H3,(H,17,18,19). The van der Waals surface area contributed by atoms with E-state index in [-0.39, 0.29) is 23.2 Å². The van der Waals surface area contributed by atoms with Gasteiger partial charge in [0.1, 0.15) is 0 Å². The summed E-state index contributed by atoms with van der Waals surface area (Å²) < 4.78 is 26.0. The molecule has 1 heterocycles. The molecule has 1 aromatic heterocycles. The summed E-state index contributed by atoms with van der Waals surface area (Å²) in [5, 5.41) is 7.72. The van der Waals surface area contributed by atoms with E-state index >= 15 is 0 Å². The van der Waals surface area contributed by atoms with Gasteiger partial charge in [-0.25, -0.2) is 13.8 Å². The van der Waals surface area contributed by atoms with Gasteiger partial charge in [0.15, 0.2) is 16.8 Å². The maximum absolute atomic E-state index is 13.1. The zero-order chi connectivity index (χ0) is 14.7. The zero-order valence-corrected chi connectivity index (χ0v) is 11.9. The van der Waals surface area contributed by atoms with Gasteiger partial charge in [0.05, 0.1) is 22.9 Å². The molecule has 0 spiro atoms. The number of anilines is 2. The van der Waals surface area contributed by atoms with E-state index < -0.39 is 11.6 Å². The molecule has 20 heavy (non-hydrogen) atoms. The fourth-order valence-electron chi connectivity index (χ4n) is 1.44. The smallest absolute Gasteiger partial charge is 0.223 e. The molecular weight excluding hydrogens is 308 g/mol. The SMILES string of the molecule is CC(=O)Nc1nc(CNc2cc(F)c(F)cc2Cl)cs1. The van der Waals surface area contributed by atoms with Gasteiger partial charge in [-0.05, 0) is 6.07 Å². The molecule has 106 valence electrons. The van der Waals surface area contributed by atoms with Gasteiger partial charge in [-0.2, -0.15) is 0 Å². The molecule has 0 aliphatic rings. The van der Waals surface area contributed by atoms with Crippen LogP contribution in [0, 0.1) is 11.6 Å². The minimum atomic E-state index is -0.998. The highest BCUT2D eigenvalue weighted by Gasteiger charge is 2.09. The Morgan fingerprint density at radius 2 is 2.10 bits per heavy atom. The topological polar surface area (TPSA) is 54.0 Å². The molecule has 1 amide bonds. The molecule has 8 heteroatoms. The number of nitrogens with one attached hydrogen (secondary N) is 2. The Balaban J connectivity index is 2.03. The van der Waals surface area contributed by atoms with Gasteiger partial charge in [-0.1, -0.05) is 11.6 Å². The van der Waals surface area contributed by atoms with Crippen LogP contribution in [0.5, 0.6) is 0 Å². The Morgan fingerprint density at radius 1 is 1.40 bits per heavy atom. The van der Waals surface area contributed by atoms with E-state index in [0.717, 1.165) is 12.1 Å². The Kier molecular flexibility index (Phi) is 4.51. The van der Waals surface area contributed by atoms with Gasteiger partial charge < -0.3 is 10.6 Å². The third-order valence-corrected chi connectivity index (χ3v) is 3.42. The van der Waals surface area contributed by atoms with Crippen LogP contribution < -0.4 is 10.6 Å². The zero-order valence-electron chi connectivity index (χ0n) is 10.3. The lowest BCUT2D eigenvalue weighted by molar-refractivity contribution is -0.114. The van der Waals surface area contributed by atoms with Crippen LogP contribution >= 0.6 is 22.9 Å². The molecule has 4 nitrogen and oxygen atoms in total. The van der Waals surface area contributed by atoms with Crippen LogP contribution in [0.3, 0.4) is 0 Å². The highest BCUT2D eigenvalue weighted by molar-refractivity contribution is 7.13. The number of carbonyl (C=O) groups is 1. The van der Waals surface area contributed by atoms with Crippen molar-refractivity contribution in [3.63, 3.8) is 0 Å². The van der Waals surface area contributed by atoms with E-state index in [9.17, 15) is 13.6 Å². The molecule has 2 N–H and O–H groups in total. The third-order valence-electron chi connectivity index (χ3n) is 2.30. The highest BCUT2D eigenvalue weighted by Crippen LogP contribution is 2.25. The molecule has 0 fully saturated rings. The number of carbonyl (C=O) groups excluding carboxylic acids is 1. The van der Waals surface area contributed by atoms with Crippen LogP contribution in [-0.4, -0.2) is 10.9 Å². The number of hydrogen-bond acceptors (Lipinski definition) is 4. The number of hydrogen-bond donors (Lipinski definition) is 2. The second-order valence-electron chi connectivity index (χ2n) is 3.92. The molecule has 0 radical (unpaired) electrons. The summed E-state index contributed by atoms with van der Waals surface area (Å²) in [4.78, 5) is 15.0. The van der Waals surface area contributed by atoms with Gasteiger partial charge in [0.25, 0.3) is 0 Å². The van der Waals surface area contributed by atoms with E-state index in [1.165, 1.54) is 18.3 Å². The van der Waals surface area contributed by atoms with Crippen LogP contribution in [0.1, 0.15) is 12.6 Å². The summed E-state index contributed by atoms with van der Waals surface area (Å²) in [6.45, 7) is 1.67. The molecule has 0 aliphatic heterocycles. The minimum absolute atomic E-state index is 0.0845. The van der Waals surface area contributed by atoms with Crippen molar-refractivity contribution in [3.8, 4) is 0 Å². The van der Waals surface area contributed by atoms with Crippen molar-refractivity contribution in [1.29, 1.82) is 0 Å². The van der Waals surface area contributed by atoms with Crippen LogP contribution in [0.25, 0.3) is 0 Å². The summed E-state index contributed by atoms with van der Waals surface area (Å²) in [6.07, 6.45) is 0. The fourth-order valence-corrected chi connectivity index (χ4v) is 2.41. The Morgan fingerprint density at radius 3 is 2.80 bits per heavy atom. The monoisotopic (exact) mass is 317 g/mol. The highest BCUT2D eigenvalue weighted by atomic mass is 35.5. The summed E-state index contributed by atoms with van der Waals surface area (Å²) >= 11 is 7.07. The van der Waals surface area contributed by atoms with E-state index in [1.54, 1.807) is 5.38 Å². The van der Waals surface area contributed by atoms with Crippen LogP contribution in [0.4, 0.5) is 19.6 Å². The van der Waals surface area contributed by atoms with Gasteiger partial charge >= 0.3 is 0 Å². The fraction of sp³-hybridized carbons (Fsp3) is 0.167. The molecule has 0 aliphatic carbocycles. The first-order valence-electron chi connectivity index (χ1n) is 5.56. The van der Waals surface area contributed by atoms with Gasteiger partial charge in [0.2, 0.25) is 5.91 Å². The quantitative estimate of drug-likeness (QED) is 0.846. The number of aromatic nitrogens is 1. The molecule has 2 rings (SSSR count). The number of halogens is 3. The Hall–Kier alpha value is -1.73. The molecule has 0 unspecified atom stereocenters. The number of rotatable bonds is 4. The van der Waals surface area contributed by atoms with Crippen molar-refractivity contribution < 1.29 is 13.6 Å². The first-order valence-corrected chi connectivity index (χ1v) is 6.82. The second kappa shape index (κ2) is 6.15. The minimum Gasteiger partial charge on any atom is -0.378 e. The molecule has 0 atom stereocenters. The summed E-state index contributed by atoms with van der Waals surface area (Å²) in [6, 6.07) is 1.89. The molecule has 2 aromatic rings. The molecule has 0 bridgehead atoms. The number of amides is 1. The molecular formula is C12H10ClF2N3OS. The maximum atomic E-state index is 13.1. The van der Waals surface area contributed by atoms with Crippen molar-refractivity contribution in [3.05, 3.63) is 39.9 Å². The van der Waals surface area contributed by atoms with Crippen molar-refractivity contribution in [2.24, 2.45) is 0 Å². The van der Waals surface area contributed by atoms with Crippen molar-refractivity contribution >= 4 is 39.7 Å². The number of thiazole rings is 1. The van der Waals surface area contributed by atoms with Crippen molar-refractivity contribution in [2.75, 3.05) is 10.6 Å². The number of benzene rings is 1.